The Morgan fingerprint density at radius 3 is 2.64 bits per heavy atom. The minimum absolute atomic E-state index is 0.0945. The van der Waals surface area contributed by atoms with Gasteiger partial charge in [-0.1, -0.05) is 18.2 Å². The summed E-state index contributed by atoms with van der Waals surface area (Å²) in [5.41, 5.74) is 3.26. The number of hydrogen-bond acceptors (Lipinski definition) is 8. The molecule has 3 heterocycles. The Hall–Kier alpha value is -4.28. The molecule has 1 saturated heterocycles. The monoisotopic (exact) mass is 446 g/mol. The number of piperazine rings is 1. The number of nitrogens with zero attached hydrogens (tertiary/aromatic N) is 7. The summed E-state index contributed by atoms with van der Waals surface area (Å²) < 4.78 is 6.67. The van der Waals surface area contributed by atoms with Gasteiger partial charge in [0.1, 0.15) is 0 Å². The van der Waals surface area contributed by atoms with Crippen LogP contribution >= 0.6 is 0 Å². The quantitative estimate of drug-likeness (QED) is 0.508. The Morgan fingerprint density at radius 1 is 1.03 bits per heavy atom. The van der Waals surface area contributed by atoms with Crippen LogP contribution in [0.2, 0.25) is 0 Å². The van der Waals surface area contributed by atoms with Crippen molar-refractivity contribution in [2.24, 2.45) is 0 Å². The number of fused-ring (bicyclic) bond motifs is 3. The second kappa shape index (κ2) is 8.69. The number of rotatable bonds is 4. The van der Waals surface area contributed by atoms with Gasteiger partial charge < -0.3 is 19.9 Å². The second-order valence-corrected chi connectivity index (χ2v) is 7.55. The zero-order valence-electron chi connectivity index (χ0n) is 18.0. The number of nitrogens with one attached hydrogen (secondary N) is 1. The number of ether oxygens (including phenoxy) is 1. The molecule has 11 nitrogen and oxygen atoms in total. The van der Waals surface area contributed by atoms with E-state index in [1.807, 2.05) is 36.4 Å². The topological polar surface area (TPSA) is 118 Å². The van der Waals surface area contributed by atoms with Crippen molar-refractivity contribution in [2.75, 3.05) is 38.1 Å². The summed E-state index contributed by atoms with van der Waals surface area (Å²) in [6, 6.07) is 14.8. The zero-order valence-corrected chi connectivity index (χ0v) is 18.0. The summed E-state index contributed by atoms with van der Waals surface area (Å²) in [6.07, 6.45) is -0.340. The predicted molar refractivity (Wildman–Crippen MR) is 120 cm³/mol. The van der Waals surface area contributed by atoms with Gasteiger partial charge in [0.15, 0.2) is 5.82 Å². The number of tetrazole rings is 1. The van der Waals surface area contributed by atoms with E-state index in [4.69, 9.17) is 4.74 Å². The third-order valence-electron chi connectivity index (χ3n) is 5.49. The molecule has 168 valence electrons. The predicted octanol–water partition coefficient (Wildman–Crippen LogP) is 2.33. The Morgan fingerprint density at radius 2 is 1.82 bits per heavy atom. The summed E-state index contributed by atoms with van der Waals surface area (Å²) in [6.45, 7) is 3.90. The van der Waals surface area contributed by atoms with E-state index in [0.717, 1.165) is 11.0 Å². The number of hydrogen-bond donors (Lipinski definition) is 1. The summed E-state index contributed by atoms with van der Waals surface area (Å²) in [7, 11) is 0. The lowest BCUT2D eigenvalue weighted by Crippen LogP contribution is -2.50. The summed E-state index contributed by atoms with van der Waals surface area (Å²) in [5.74, 6) is 0.397. The molecule has 2 aromatic carbocycles. The summed E-state index contributed by atoms with van der Waals surface area (Å²) in [4.78, 5) is 33.0. The van der Waals surface area contributed by atoms with Gasteiger partial charge in [0, 0.05) is 37.4 Å². The molecule has 1 aliphatic heterocycles. The van der Waals surface area contributed by atoms with Crippen LogP contribution in [0.4, 0.5) is 16.3 Å². The first-order chi connectivity index (χ1) is 16.1. The molecule has 2 amide bonds. The van der Waals surface area contributed by atoms with Gasteiger partial charge in [0.2, 0.25) is 5.65 Å². The molecule has 0 unspecified atom stereocenters. The lowest BCUT2D eigenvalue weighted by atomic mass is 10.1. The van der Waals surface area contributed by atoms with E-state index >= 15 is 0 Å². The molecule has 5 rings (SSSR count). The first kappa shape index (κ1) is 20.6. The fraction of sp³-hybridized carbons (Fsp3) is 0.273. The van der Waals surface area contributed by atoms with Gasteiger partial charge in [0.25, 0.3) is 5.91 Å². The molecule has 2 aromatic heterocycles. The third-order valence-corrected chi connectivity index (χ3v) is 5.49. The normalized spacial score (nSPS) is 14.0. The van der Waals surface area contributed by atoms with Crippen molar-refractivity contribution in [1.29, 1.82) is 0 Å². The van der Waals surface area contributed by atoms with Crippen molar-refractivity contribution < 1.29 is 14.3 Å². The van der Waals surface area contributed by atoms with Gasteiger partial charge in [-0.15, -0.1) is 5.10 Å². The maximum absolute atomic E-state index is 13.1. The number of amides is 2. The van der Waals surface area contributed by atoms with E-state index in [2.05, 4.69) is 25.8 Å². The van der Waals surface area contributed by atoms with Crippen molar-refractivity contribution >= 4 is 40.2 Å². The highest BCUT2D eigenvalue weighted by molar-refractivity contribution is 5.95. The van der Waals surface area contributed by atoms with Crippen LogP contribution in [0.3, 0.4) is 0 Å². The van der Waals surface area contributed by atoms with Crippen LogP contribution in [0.25, 0.3) is 16.7 Å². The highest BCUT2D eigenvalue weighted by atomic mass is 16.6. The van der Waals surface area contributed by atoms with Crippen LogP contribution in [-0.4, -0.2) is 79.6 Å². The molecule has 4 aromatic rings. The van der Waals surface area contributed by atoms with Crippen molar-refractivity contribution in [3.05, 3.63) is 54.1 Å². The lowest BCUT2D eigenvalue weighted by Gasteiger charge is -2.34. The lowest BCUT2D eigenvalue weighted by molar-refractivity contribution is 0.0570. The second-order valence-electron chi connectivity index (χ2n) is 7.55. The van der Waals surface area contributed by atoms with Gasteiger partial charge >= 0.3 is 6.09 Å². The standard InChI is InChI=1S/C22H22N8O3/c1-2-33-22(32)29-12-10-28(11-13-29)21(31)15-6-5-7-16(14-15)23-19-20-25-26-27-30(20)18-9-4-3-8-17(18)24-19/h3-9,14H,2,10-13H2,1H3,(H,23,24). The van der Waals surface area contributed by atoms with E-state index in [1.54, 1.807) is 33.4 Å². The van der Waals surface area contributed by atoms with Crippen molar-refractivity contribution in [1.82, 2.24) is 34.8 Å². The molecule has 0 radical (unpaired) electrons. The van der Waals surface area contributed by atoms with Gasteiger partial charge in [-0.25, -0.2) is 9.78 Å². The van der Waals surface area contributed by atoms with Crippen molar-refractivity contribution in [2.45, 2.75) is 6.92 Å². The van der Waals surface area contributed by atoms with E-state index in [0.29, 0.717) is 55.5 Å². The average Bonchev–Trinajstić information content (AvgIpc) is 3.35. The van der Waals surface area contributed by atoms with Crippen LogP contribution < -0.4 is 5.32 Å². The molecular formula is C22H22N8O3. The first-order valence-electron chi connectivity index (χ1n) is 10.7. The minimum Gasteiger partial charge on any atom is -0.450 e. The Labute approximate surface area is 188 Å². The first-order valence-corrected chi connectivity index (χ1v) is 10.7. The van der Waals surface area contributed by atoms with Crippen molar-refractivity contribution in [3.63, 3.8) is 0 Å². The van der Waals surface area contributed by atoms with Crippen LogP contribution in [-0.2, 0) is 4.74 Å². The molecule has 11 heteroatoms. The van der Waals surface area contributed by atoms with E-state index in [-0.39, 0.29) is 12.0 Å². The molecule has 0 aliphatic carbocycles. The molecule has 1 N–H and O–H groups in total. The number of carbonyl (C=O) groups excluding carboxylic acids is 2. The van der Waals surface area contributed by atoms with Crippen LogP contribution in [0, 0.1) is 0 Å². The highest BCUT2D eigenvalue weighted by Crippen LogP contribution is 2.23. The molecule has 1 aliphatic rings. The number of anilines is 2. The number of benzene rings is 2. The van der Waals surface area contributed by atoms with E-state index in [9.17, 15) is 9.59 Å². The molecule has 0 bridgehead atoms. The fourth-order valence-corrected chi connectivity index (χ4v) is 3.85. The summed E-state index contributed by atoms with van der Waals surface area (Å²) >= 11 is 0. The number of carbonyl (C=O) groups is 2. The number of aromatic nitrogens is 5. The van der Waals surface area contributed by atoms with E-state index < -0.39 is 0 Å². The maximum atomic E-state index is 13.1. The minimum atomic E-state index is -0.340. The van der Waals surface area contributed by atoms with Crippen LogP contribution in [0.1, 0.15) is 17.3 Å². The molecule has 0 saturated carbocycles. The molecule has 33 heavy (non-hydrogen) atoms. The Kier molecular flexibility index (Phi) is 5.43. The van der Waals surface area contributed by atoms with Crippen molar-refractivity contribution in [3.8, 4) is 0 Å². The SMILES string of the molecule is CCOC(=O)N1CCN(C(=O)c2cccc(Nc3nc4ccccc4n4nnnc34)c2)CC1. The Bertz CT molecular complexity index is 1330. The van der Waals surface area contributed by atoms with Crippen LogP contribution in [0.5, 0.6) is 0 Å². The largest absolute Gasteiger partial charge is 0.450 e. The molecule has 0 atom stereocenters. The fourth-order valence-electron chi connectivity index (χ4n) is 3.85. The van der Waals surface area contributed by atoms with E-state index in [1.165, 1.54) is 0 Å². The smallest absolute Gasteiger partial charge is 0.409 e. The van der Waals surface area contributed by atoms with Crippen LogP contribution in [0.15, 0.2) is 48.5 Å². The van der Waals surface area contributed by atoms with Gasteiger partial charge in [-0.2, -0.15) is 4.52 Å². The maximum Gasteiger partial charge on any atom is 0.409 e. The Balaban J connectivity index is 1.34. The van der Waals surface area contributed by atoms with Gasteiger partial charge in [0.05, 0.1) is 17.6 Å². The average molecular weight is 446 g/mol. The third kappa shape index (κ3) is 4.00. The molecule has 0 spiro atoms. The number of para-hydroxylation sites is 2. The zero-order chi connectivity index (χ0) is 22.8. The summed E-state index contributed by atoms with van der Waals surface area (Å²) in [5, 5.41) is 15.2. The van der Waals surface area contributed by atoms with Gasteiger partial charge in [-0.05, 0) is 47.7 Å². The highest BCUT2D eigenvalue weighted by Gasteiger charge is 2.25. The molecular weight excluding hydrogens is 424 g/mol. The molecule has 1 fully saturated rings. The van der Waals surface area contributed by atoms with Gasteiger partial charge in [-0.3, -0.25) is 4.79 Å².